The van der Waals surface area contributed by atoms with Gasteiger partial charge in [-0.1, -0.05) is 36.7 Å². The van der Waals surface area contributed by atoms with Gasteiger partial charge in [0.05, 0.1) is 7.11 Å². The molecule has 1 aromatic carbocycles. The molecular formula is C21H23BrO5. The van der Waals surface area contributed by atoms with Gasteiger partial charge < -0.3 is 13.9 Å². The molecular weight excluding hydrogens is 412 g/mol. The Kier molecular flexibility index (Phi) is 4.18. The Hall–Kier alpha value is -1.82. The molecule has 3 atom stereocenters. The molecule has 144 valence electrons. The zero-order valence-corrected chi connectivity index (χ0v) is 17.5. The fourth-order valence-electron chi connectivity index (χ4n) is 4.96. The molecule has 2 aliphatic rings. The van der Waals surface area contributed by atoms with Gasteiger partial charge in [0.2, 0.25) is 0 Å². The van der Waals surface area contributed by atoms with Crippen molar-refractivity contribution in [2.24, 2.45) is 16.7 Å². The van der Waals surface area contributed by atoms with Gasteiger partial charge in [-0.15, -0.1) is 0 Å². The standard InChI is InChI=1S/C21H23BrO5/c1-20(2)12-5-6-21(20,3)16(9-12)26-18(23)14-8-11-7-13(22)10-15(25-4)17(11)27-19(14)24/h7-8,10,12,16H,5-6,9H2,1-4H3/t12-,16+,21-/m0/s1. The summed E-state index contributed by atoms with van der Waals surface area (Å²) in [4.78, 5) is 25.2. The van der Waals surface area contributed by atoms with Crippen molar-refractivity contribution in [1.82, 2.24) is 0 Å². The zero-order chi connectivity index (χ0) is 19.6. The number of rotatable bonds is 3. The summed E-state index contributed by atoms with van der Waals surface area (Å²) in [5.74, 6) is 0.367. The number of esters is 1. The van der Waals surface area contributed by atoms with E-state index in [-0.39, 0.29) is 22.5 Å². The number of fused-ring (bicyclic) bond motifs is 3. The van der Waals surface area contributed by atoms with Crippen LogP contribution in [0.1, 0.15) is 50.4 Å². The molecule has 6 heteroatoms. The van der Waals surface area contributed by atoms with Gasteiger partial charge in [-0.25, -0.2) is 9.59 Å². The van der Waals surface area contributed by atoms with Crippen molar-refractivity contribution in [3.8, 4) is 5.75 Å². The van der Waals surface area contributed by atoms with Crippen molar-refractivity contribution in [3.05, 3.63) is 38.7 Å². The van der Waals surface area contributed by atoms with Crippen LogP contribution in [0.5, 0.6) is 5.75 Å². The number of halogens is 1. The second-order valence-electron chi connectivity index (χ2n) is 8.48. The number of carbonyl (C=O) groups is 1. The van der Waals surface area contributed by atoms with E-state index in [2.05, 4.69) is 36.7 Å². The monoisotopic (exact) mass is 434 g/mol. The molecule has 2 aromatic rings. The van der Waals surface area contributed by atoms with Crippen LogP contribution in [0.25, 0.3) is 11.0 Å². The maximum absolute atomic E-state index is 12.8. The van der Waals surface area contributed by atoms with Crippen LogP contribution < -0.4 is 10.4 Å². The molecule has 27 heavy (non-hydrogen) atoms. The Labute approximate surface area is 166 Å². The molecule has 5 nitrogen and oxygen atoms in total. The van der Waals surface area contributed by atoms with Crippen molar-refractivity contribution in [2.75, 3.05) is 7.11 Å². The summed E-state index contributed by atoms with van der Waals surface area (Å²) in [6.07, 6.45) is 2.89. The first-order chi connectivity index (χ1) is 12.7. The van der Waals surface area contributed by atoms with Crippen molar-refractivity contribution < 1.29 is 18.7 Å². The van der Waals surface area contributed by atoms with Gasteiger partial charge in [-0.2, -0.15) is 0 Å². The molecule has 1 aromatic heterocycles. The van der Waals surface area contributed by atoms with Gasteiger partial charge in [0, 0.05) is 15.3 Å². The van der Waals surface area contributed by atoms with Crippen LogP contribution in [0.15, 0.2) is 31.9 Å². The smallest absolute Gasteiger partial charge is 0.351 e. The molecule has 0 saturated heterocycles. The Morgan fingerprint density at radius 3 is 2.59 bits per heavy atom. The van der Waals surface area contributed by atoms with E-state index in [0.29, 0.717) is 22.6 Å². The lowest BCUT2D eigenvalue weighted by atomic mass is 9.70. The lowest BCUT2D eigenvalue weighted by molar-refractivity contribution is -0.0245. The van der Waals surface area contributed by atoms with Crippen LogP contribution in [0.2, 0.25) is 0 Å². The first-order valence-electron chi connectivity index (χ1n) is 9.20. The highest BCUT2D eigenvalue weighted by atomic mass is 79.9. The number of carbonyl (C=O) groups excluding carboxylic acids is 1. The molecule has 0 N–H and O–H groups in total. The van der Waals surface area contributed by atoms with E-state index in [1.54, 1.807) is 12.1 Å². The van der Waals surface area contributed by atoms with E-state index >= 15 is 0 Å². The average molecular weight is 435 g/mol. The van der Waals surface area contributed by atoms with Gasteiger partial charge >= 0.3 is 11.6 Å². The molecule has 0 amide bonds. The summed E-state index contributed by atoms with van der Waals surface area (Å²) >= 11 is 3.40. The van der Waals surface area contributed by atoms with E-state index in [1.807, 2.05) is 0 Å². The minimum Gasteiger partial charge on any atom is -0.493 e. The largest absolute Gasteiger partial charge is 0.493 e. The summed E-state index contributed by atoms with van der Waals surface area (Å²) < 4.78 is 17.3. The quantitative estimate of drug-likeness (QED) is 0.505. The number of hydrogen-bond acceptors (Lipinski definition) is 5. The Balaban J connectivity index is 1.68. The summed E-state index contributed by atoms with van der Waals surface area (Å²) in [5, 5.41) is 0.604. The van der Waals surface area contributed by atoms with E-state index in [1.165, 1.54) is 19.6 Å². The van der Waals surface area contributed by atoms with Crippen molar-refractivity contribution in [3.63, 3.8) is 0 Å². The SMILES string of the molecule is COc1cc(Br)cc2cc(C(=O)O[C@@H]3C[C@@H]4CC[C@]3(C)C4(C)C)c(=O)oc12. The fraction of sp³-hybridized carbons (Fsp3) is 0.524. The van der Waals surface area contributed by atoms with Crippen LogP contribution in [-0.4, -0.2) is 19.2 Å². The number of ether oxygens (including phenoxy) is 2. The van der Waals surface area contributed by atoms with Crippen LogP contribution >= 0.6 is 15.9 Å². The molecule has 2 saturated carbocycles. The topological polar surface area (TPSA) is 65.7 Å². The Morgan fingerprint density at radius 2 is 2.00 bits per heavy atom. The molecule has 4 rings (SSSR count). The van der Waals surface area contributed by atoms with E-state index in [4.69, 9.17) is 13.9 Å². The Morgan fingerprint density at radius 1 is 1.26 bits per heavy atom. The highest BCUT2D eigenvalue weighted by Gasteiger charge is 2.62. The summed E-state index contributed by atoms with van der Waals surface area (Å²) in [7, 11) is 1.50. The maximum Gasteiger partial charge on any atom is 0.351 e. The van der Waals surface area contributed by atoms with Crippen molar-refractivity contribution >= 4 is 32.9 Å². The second-order valence-corrected chi connectivity index (χ2v) is 9.39. The van der Waals surface area contributed by atoms with Gasteiger partial charge in [0.1, 0.15) is 11.7 Å². The van der Waals surface area contributed by atoms with Gasteiger partial charge in [0.15, 0.2) is 11.3 Å². The lowest BCUT2D eigenvalue weighted by Crippen LogP contribution is -2.38. The first kappa shape index (κ1) is 18.5. The normalized spacial score (nSPS) is 28.5. The third kappa shape index (κ3) is 2.64. The molecule has 0 unspecified atom stereocenters. The zero-order valence-electron chi connectivity index (χ0n) is 15.9. The third-order valence-corrected chi connectivity index (χ3v) is 7.62. The number of benzene rings is 1. The van der Waals surface area contributed by atoms with Gasteiger partial charge in [0.25, 0.3) is 0 Å². The highest BCUT2D eigenvalue weighted by molar-refractivity contribution is 9.10. The minimum absolute atomic E-state index is 0.0589. The Bertz CT molecular complexity index is 992. The number of methoxy groups -OCH3 is 1. The summed E-state index contributed by atoms with van der Waals surface area (Å²) in [5.41, 5.74) is -0.399. The van der Waals surface area contributed by atoms with E-state index < -0.39 is 11.6 Å². The van der Waals surface area contributed by atoms with Gasteiger partial charge in [-0.05, 0) is 48.8 Å². The van der Waals surface area contributed by atoms with Gasteiger partial charge in [-0.3, -0.25) is 0 Å². The summed E-state index contributed by atoms with van der Waals surface area (Å²) in [6, 6.07) is 5.01. The minimum atomic E-state index is -0.708. The van der Waals surface area contributed by atoms with Crippen LogP contribution in [0.4, 0.5) is 0 Å². The van der Waals surface area contributed by atoms with Crippen LogP contribution in [-0.2, 0) is 4.74 Å². The predicted octanol–water partition coefficient (Wildman–Crippen LogP) is 4.94. The molecule has 2 bridgehead atoms. The molecule has 0 radical (unpaired) electrons. The molecule has 2 fully saturated rings. The molecule has 0 spiro atoms. The van der Waals surface area contributed by atoms with E-state index in [0.717, 1.165) is 17.3 Å². The number of hydrogen-bond donors (Lipinski definition) is 0. The fourth-order valence-corrected chi connectivity index (χ4v) is 5.42. The highest BCUT2D eigenvalue weighted by Crippen LogP contribution is 2.66. The molecule has 1 heterocycles. The predicted molar refractivity (Wildman–Crippen MR) is 105 cm³/mol. The molecule has 0 aliphatic heterocycles. The maximum atomic E-state index is 12.8. The summed E-state index contributed by atoms with van der Waals surface area (Å²) in [6.45, 7) is 6.71. The van der Waals surface area contributed by atoms with Crippen molar-refractivity contribution in [2.45, 2.75) is 46.1 Å². The van der Waals surface area contributed by atoms with E-state index in [9.17, 15) is 9.59 Å². The third-order valence-electron chi connectivity index (χ3n) is 7.17. The molecule has 2 aliphatic carbocycles. The van der Waals surface area contributed by atoms with Crippen LogP contribution in [0, 0.1) is 16.7 Å². The van der Waals surface area contributed by atoms with Crippen LogP contribution in [0.3, 0.4) is 0 Å². The first-order valence-corrected chi connectivity index (χ1v) is 9.99. The van der Waals surface area contributed by atoms with Crippen molar-refractivity contribution in [1.29, 1.82) is 0 Å². The second kappa shape index (κ2) is 6.09. The average Bonchev–Trinajstić information content (AvgIpc) is 2.94. The lowest BCUT2D eigenvalue weighted by Gasteiger charge is -2.38.